The second-order valence-electron chi connectivity index (χ2n) is 2.69. The highest BCUT2D eigenvalue weighted by atomic mass is 127. The molecular formula is C8H10I2N2O. The van der Waals surface area contributed by atoms with Crippen molar-refractivity contribution in [1.29, 1.82) is 0 Å². The third-order valence-corrected chi connectivity index (χ3v) is 4.56. The van der Waals surface area contributed by atoms with E-state index in [4.69, 9.17) is 0 Å². The number of hydrogen-bond acceptors (Lipinski definition) is 2. The molecule has 1 aromatic rings. The van der Waals surface area contributed by atoms with Crippen LogP contribution in [-0.4, -0.2) is 9.78 Å². The molecule has 5 heteroatoms. The van der Waals surface area contributed by atoms with Crippen LogP contribution < -0.4 is 5.56 Å². The smallest absolute Gasteiger partial charge is 0.267 e. The van der Waals surface area contributed by atoms with Gasteiger partial charge >= 0.3 is 0 Å². The first kappa shape index (κ1) is 11.4. The third-order valence-electron chi connectivity index (χ3n) is 1.67. The number of aryl methyl sites for hydroxylation is 1. The molecule has 0 atom stereocenters. The van der Waals surface area contributed by atoms with E-state index in [1.165, 1.54) is 4.68 Å². The summed E-state index contributed by atoms with van der Waals surface area (Å²) in [5, 5.41) is 4.07. The lowest BCUT2D eigenvalue weighted by molar-refractivity contribution is 0.539. The first-order chi connectivity index (χ1) is 6.16. The molecule has 3 nitrogen and oxygen atoms in total. The quantitative estimate of drug-likeness (QED) is 0.725. The first-order valence-corrected chi connectivity index (χ1v) is 6.23. The zero-order valence-electron chi connectivity index (χ0n) is 7.26. The third kappa shape index (κ3) is 2.90. The maximum absolute atomic E-state index is 11.6. The van der Waals surface area contributed by atoms with Crippen molar-refractivity contribution in [3.05, 3.63) is 23.7 Å². The van der Waals surface area contributed by atoms with Crippen LogP contribution in [0.4, 0.5) is 0 Å². The fraction of sp³-hybridized carbons (Fsp3) is 0.500. The SMILES string of the molecule is CCCCn1ncc(I)c(I)c1=O. The zero-order chi connectivity index (χ0) is 9.84. The van der Waals surface area contributed by atoms with E-state index >= 15 is 0 Å². The Hall–Kier alpha value is 0.340. The Morgan fingerprint density at radius 2 is 2.23 bits per heavy atom. The molecule has 0 spiro atoms. The lowest BCUT2D eigenvalue weighted by Crippen LogP contribution is -2.25. The minimum absolute atomic E-state index is 0.0287. The van der Waals surface area contributed by atoms with E-state index in [0.29, 0.717) is 0 Å². The van der Waals surface area contributed by atoms with Gasteiger partial charge in [-0.3, -0.25) is 4.79 Å². The van der Waals surface area contributed by atoms with Crippen molar-refractivity contribution in [1.82, 2.24) is 9.78 Å². The predicted octanol–water partition coefficient (Wildman–Crippen LogP) is 2.25. The number of halogens is 2. The lowest BCUT2D eigenvalue weighted by Gasteiger charge is -2.03. The normalized spacial score (nSPS) is 10.4. The molecule has 0 N–H and O–H groups in total. The minimum Gasteiger partial charge on any atom is -0.267 e. The summed E-state index contributed by atoms with van der Waals surface area (Å²) < 4.78 is 3.23. The Bertz CT molecular complexity index is 348. The van der Waals surface area contributed by atoms with Gasteiger partial charge in [0.2, 0.25) is 0 Å². The molecule has 0 aliphatic carbocycles. The molecule has 0 aromatic carbocycles. The molecule has 0 aliphatic rings. The van der Waals surface area contributed by atoms with Gasteiger partial charge < -0.3 is 0 Å². The minimum atomic E-state index is 0.0287. The van der Waals surface area contributed by atoms with Gasteiger partial charge in [-0.1, -0.05) is 13.3 Å². The van der Waals surface area contributed by atoms with Gasteiger partial charge in [-0.05, 0) is 51.6 Å². The summed E-state index contributed by atoms with van der Waals surface area (Å²) >= 11 is 4.19. The van der Waals surface area contributed by atoms with Crippen LogP contribution >= 0.6 is 45.2 Å². The van der Waals surface area contributed by atoms with Crippen molar-refractivity contribution in [2.75, 3.05) is 0 Å². The maximum atomic E-state index is 11.6. The molecule has 0 bridgehead atoms. The van der Waals surface area contributed by atoms with Crippen molar-refractivity contribution in [3.8, 4) is 0 Å². The molecule has 13 heavy (non-hydrogen) atoms. The summed E-state index contributed by atoms with van der Waals surface area (Å²) in [6.45, 7) is 2.82. The highest BCUT2D eigenvalue weighted by Crippen LogP contribution is 2.08. The zero-order valence-corrected chi connectivity index (χ0v) is 11.6. The molecular weight excluding hydrogens is 394 g/mol. The number of hydrogen-bond donors (Lipinski definition) is 0. The Morgan fingerprint density at radius 1 is 1.54 bits per heavy atom. The van der Waals surface area contributed by atoms with Crippen molar-refractivity contribution in [3.63, 3.8) is 0 Å². The van der Waals surface area contributed by atoms with Gasteiger partial charge in [-0.2, -0.15) is 5.10 Å². The number of nitrogens with zero attached hydrogens (tertiary/aromatic N) is 2. The second kappa shape index (κ2) is 5.28. The van der Waals surface area contributed by atoms with Crippen LogP contribution in [-0.2, 0) is 6.54 Å². The molecule has 0 fully saturated rings. The standard InChI is InChI=1S/C8H10I2N2O/c1-2-3-4-12-8(13)7(10)6(9)5-11-12/h5H,2-4H2,1H3. The molecule has 0 aliphatic heterocycles. The number of unbranched alkanes of at least 4 members (excludes halogenated alkanes) is 1. The van der Waals surface area contributed by atoms with E-state index < -0.39 is 0 Å². The Kier molecular flexibility index (Phi) is 4.63. The molecule has 72 valence electrons. The topological polar surface area (TPSA) is 34.9 Å². The van der Waals surface area contributed by atoms with Gasteiger partial charge in [0, 0.05) is 6.54 Å². The number of rotatable bonds is 3. The van der Waals surface area contributed by atoms with Crippen molar-refractivity contribution < 1.29 is 0 Å². The van der Waals surface area contributed by atoms with Gasteiger partial charge in [0.05, 0.1) is 13.3 Å². The average molecular weight is 404 g/mol. The van der Waals surface area contributed by atoms with Crippen molar-refractivity contribution in [2.45, 2.75) is 26.3 Å². The molecule has 1 rings (SSSR count). The molecule has 1 aromatic heterocycles. The molecule has 0 amide bonds. The van der Waals surface area contributed by atoms with Crippen LogP contribution in [0.5, 0.6) is 0 Å². The van der Waals surface area contributed by atoms with Crippen LogP contribution in [0.15, 0.2) is 11.0 Å². The summed E-state index contributed by atoms with van der Waals surface area (Å²) in [5.41, 5.74) is 0.0287. The first-order valence-electron chi connectivity index (χ1n) is 4.08. The molecule has 0 unspecified atom stereocenters. The maximum Gasteiger partial charge on any atom is 0.281 e. The van der Waals surface area contributed by atoms with E-state index in [0.717, 1.165) is 26.5 Å². The van der Waals surface area contributed by atoms with Crippen LogP contribution in [0.2, 0.25) is 0 Å². The van der Waals surface area contributed by atoms with Crippen molar-refractivity contribution >= 4 is 45.2 Å². The second-order valence-corrected chi connectivity index (χ2v) is 4.93. The van der Waals surface area contributed by atoms with E-state index in [9.17, 15) is 4.79 Å². The summed E-state index contributed by atoms with van der Waals surface area (Å²) in [5.74, 6) is 0. The Balaban J connectivity index is 2.97. The van der Waals surface area contributed by atoms with Crippen LogP contribution in [0.25, 0.3) is 0 Å². The monoisotopic (exact) mass is 404 g/mol. The summed E-state index contributed by atoms with van der Waals surface area (Å²) in [7, 11) is 0. The lowest BCUT2D eigenvalue weighted by atomic mass is 10.3. The highest BCUT2D eigenvalue weighted by molar-refractivity contribution is 14.1. The van der Waals surface area contributed by atoms with Gasteiger partial charge in [0.15, 0.2) is 0 Å². The van der Waals surface area contributed by atoms with Gasteiger partial charge in [0.1, 0.15) is 0 Å². The van der Waals surface area contributed by atoms with E-state index in [-0.39, 0.29) is 5.56 Å². The van der Waals surface area contributed by atoms with Gasteiger partial charge in [0.25, 0.3) is 5.56 Å². The van der Waals surface area contributed by atoms with Gasteiger partial charge in [-0.25, -0.2) is 4.68 Å². The van der Waals surface area contributed by atoms with Crippen LogP contribution in [0.1, 0.15) is 19.8 Å². The number of aromatic nitrogens is 2. The van der Waals surface area contributed by atoms with Gasteiger partial charge in [-0.15, -0.1) is 0 Å². The van der Waals surface area contributed by atoms with E-state index in [1.807, 2.05) is 0 Å². The largest absolute Gasteiger partial charge is 0.281 e. The van der Waals surface area contributed by atoms with Crippen molar-refractivity contribution in [2.24, 2.45) is 0 Å². The summed E-state index contributed by atoms with van der Waals surface area (Å²) in [4.78, 5) is 11.6. The average Bonchev–Trinajstić information content (AvgIpc) is 2.13. The predicted molar refractivity (Wildman–Crippen MR) is 68.8 cm³/mol. The Labute approximate surface area is 104 Å². The molecule has 0 radical (unpaired) electrons. The fourth-order valence-electron chi connectivity index (χ4n) is 0.912. The fourth-order valence-corrected chi connectivity index (χ4v) is 1.69. The molecule has 1 heterocycles. The Morgan fingerprint density at radius 3 is 2.85 bits per heavy atom. The van der Waals surface area contributed by atoms with Crippen LogP contribution in [0, 0.1) is 7.14 Å². The summed E-state index contributed by atoms with van der Waals surface area (Å²) in [6.07, 6.45) is 3.82. The van der Waals surface area contributed by atoms with E-state index in [2.05, 4.69) is 57.2 Å². The summed E-state index contributed by atoms with van der Waals surface area (Å²) in [6, 6.07) is 0. The molecule has 0 saturated heterocycles. The molecule has 0 saturated carbocycles. The van der Waals surface area contributed by atoms with E-state index in [1.54, 1.807) is 6.20 Å². The highest BCUT2D eigenvalue weighted by Gasteiger charge is 2.04. The van der Waals surface area contributed by atoms with Crippen LogP contribution in [0.3, 0.4) is 0 Å².